The zero-order valence-electron chi connectivity index (χ0n) is 6.61. The lowest BCUT2D eigenvalue weighted by Crippen LogP contribution is -2.18. The van der Waals surface area contributed by atoms with Crippen LogP contribution in [0.5, 0.6) is 0 Å². The lowest BCUT2D eigenvalue weighted by atomic mass is 10.6. The predicted octanol–water partition coefficient (Wildman–Crippen LogP) is 0.0446. The SMILES string of the molecule is CCOCC(=O)Nc1ncon1. The summed E-state index contributed by atoms with van der Waals surface area (Å²) in [5, 5.41) is 5.77. The van der Waals surface area contributed by atoms with Crippen LogP contribution in [0, 0.1) is 0 Å². The summed E-state index contributed by atoms with van der Waals surface area (Å²) < 4.78 is 9.25. The largest absolute Gasteiger partial charge is 0.372 e. The molecule has 1 aromatic heterocycles. The molecule has 6 heteroatoms. The summed E-state index contributed by atoms with van der Waals surface area (Å²) in [7, 11) is 0. The maximum absolute atomic E-state index is 10.9. The lowest BCUT2D eigenvalue weighted by Gasteiger charge is -1.98. The first-order valence-corrected chi connectivity index (χ1v) is 3.47. The Hall–Kier alpha value is -1.43. The molecule has 0 fully saturated rings. The van der Waals surface area contributed by atoms with Crippen LogP contribution in [0.2, 0.25) is 0 Å². The second kappa shape index (κ2) is 4.45. The number of anilines is 1. The minimum Gasteiger partial charge on any atom is -0.372 e. The van der Waals surface area contributed by atoms with E-state index in [1.165, 1.54) is 0 Å². The highest BCUT2D eigenvalue weighted by Gasteiger charge is 2.04. The number of hydrogen-bond donors (Lipinski definition) is 1. The minimum absolute atomic E-state index is 0.00500. The molecule has 0 aromatic carbocycles. The van der Waals surface area contributed by atoms with E-state index in [9.17, 15) is 4.79 Å². The molecule has 0 aliphatic heterocycles. The second-order valence-corrected chi connectivity index (χ2v) is 1.94. The molecule has 12 heavy (non-hydrogen) atoms. The van der Waals surface area contributed by atoms with Crippen LogP contribution in [0.25, 0.3) is 0 Å². The van der Waals surface area contributed by atoms with Crippen LogP contribution >= 0.6 is 0 Å². The van der Waals surface area contributed by atoms with Gasteiger partial charge in [-0.25, -0.2) is 0 Å². The van der Waals surface area contributed by atoms with Gasteiger partial charge in [-0.1, -0.05) is 0 Å². The van der Waals surface area contributed by atoms with Gasteiger partial charge in [0.15, 0.2) is 0 Å². The molecule has 0 spiro atoms. The zero-order chi connectivity index (χ0) is 8.81. The number of carbonyl (C=O) groups excluding carboxylic acids is 1. The van der Waals surface area contributed by atoms with E-state index < -0.39 is 0 Å². The van der Waals surface area contributed by atoms with E-state index in [1.807, 2.05) is 6.92 Å². The van der Waals surface area contributed by atoms with Gasteiger partial charge in [-0.3, -0.25) is 10.1 Å². The van der Waals surface area contributed by atoms with Crippen LogP contribution in [0.1, 0.15) is 6.92 Å². The first kappa shape index (κ1) is 8.66. The molecule has 1 amide bonds. The molecule has 1 aromatic rings. The Kier molecular flexibility index (Phi) is 3.21. The highest BCUT2D eigenvalue weighted by Crippen LogP contribution is 1.93. The van der Waals surface area contributed by atoms with Crippen molar-refractivity contribution in [2.45, 2.75) is 6.92 Å². The standard InChI is InChI=1S/C6H9N3O3/c1-2-11-3-5(10)8-6-7-4-12-9-6/h4H,2-3H2,1H3,(H,8,9,10). The van der Waals surface area contributed by atoms with Gasteiger partial charge in [0.25, 0.3) is 11.9 Å². The summed E-state index contributed by atoms with van der Waals surface area (Å²) in [5.41, 5.74) is 0. The summed E-state index contributed by atoms with van der Waals surface area (Å²) in [6.45, 7) is 2.31. The zero-order valence-corrected chi connectivity index (χ0v) is 6.61. The number of aromatic nitrogens is 2. The minimum atomic E-state index is -0.293. The summed E-state index contributed by atoms with van der Waals surface area (Å²) in [6.07, 6.45) is 1.14. The van der Waals surface area contributed by atoms with Gasteiger partial charge in [0.2, 0.25) is 6.39 Å². The Morgan fingerprint density at radius 2 is 2.67 bits per heavy atom. The normalized spacial score (nSPS) is 9.75. The van der Waals surface area contributed by atoms with Gasteiger partial charge in [0.05, 0.1) is 0 Å². The summed E-state index contributed by atoms with van der Waals surface area (Å²) in [5.74, 6) is -0.141. The molecule has 0 atom stereocenters. The fourth-order valence-corrected chi connectivity index (χ4v) is 0.581. The molecule has 66 valence electrons. The molecular weight excluding hydrogens is 162 g/mol. The van der Waals surface area contributed by atoms with Crippen molar-refractivity contribution in [3.8, 4) is 0 Å². The van der Waals surface area contributed by atoms with E-state index in [2.05, 4.69) is 20.0 Å². The monoisotopic (exact) mass is 171 g/mol. The molecule has 0 aliphatic rings. The van der Waals surface area contributed by atoms with Crippen LogP contribution in [-0.2, 0) is 9.53 Å². The summed E-state index contributed by atoms with van der Waals surface area (Å²) in [4.78, 5) is 14.5. The fraction of sp³-hybridized carbons (Fsp3) is 0.500. The van der Waals surface area contributed by atoms with Crippen LogP contribution in [0.15, 0.2) is 10.9 Å². The number of nitrogens with one attached hydrogen (secondary N) is 1. The average Bonchev–Trinajstić information content (AvgIpc) is 2.53. The van der Waals surface area contributed by atoms with Gasteiger partial charge in [0.1, 0.15) is 6.61 Å². The molecule has 0 radical (unpaired) electrons. The number of nitrogens with zero attached hydrogens (tertiary/aromatic N) is 2. The summed E-state index contributed by atoms with van der Waals surface area (Å²) in [6, 6.07) is 0. The van der Waals surface area contributed by atoms with E-state index in [4.69, 9.17) is 4.74 Å². The number of hydrogen-bond acceptors (Lipinski definition) is 5. The Bertz CT molecular complexity index is 234. The van der Waals surface area contributed by atoms with Crippen molar-refractivity contribution in [3.63, 3.8) is 0 Å². The highest BCUT2D eigenvalue weighted by atomic mass is 16.5. The molecule has 1 heterocycles. The van der Waals surface area contributed by atoms with Crippen LogP contribution in [0.4, 0.5) is 5.95 Å². The van der Waals surface area contributed by atoms with E-state index in [1.54, 1.807) is 0 Å². The Morgan fingerprint density at radius 1 is 1.83 bits per heavy atom. The molecular formula is C6H9N3O3. The van der Waals surface area contributed by atoms with Crippen molar-refractivity contribution in [3.05, 3.63) is 6.39 Å². The Morgan fingerprint density at radius 3 is 3.25 bits per heavy atom. The molecule has 1 rings (SSSR count). The second-order valence-electron chi connectivity index (χ2n) is 1.94. The number of ether oxygens (including phenoxy) is 1. The molecule has 0 unspecified atom stereocenters. The topological polar surface area (TPSA) is 77.2 Å². The first-order valence-electron chi connectivity index (χ1n) is 3.47. The Balaban J connectivity index is 2.27. The number of rotatable bonds is 4. The van der Waals surface area contributed by atoms with E-state index in [0.717, 1.165) is 6.39 Å². The molecule has 0 saturated heterocycles. The van der Waals surface area contributed by atoms with Crippen molar-refractivity contribution >= 4 is 11.9 Å². The van der Waals surface area contributed by atoms with Crippen molar-refractivity contribution in [1.29, 1.82) is 0 Å². The van der Waals surface area contributed by atoms with Gasteiger partial charge in [0, 0.05) is 6.61 Å². The van der Waals surface area contributed by atoms with Gasteiger partial charge in [-0.2, -0.15) is 4.98 Å². The van der Waals surface area contributed by atoms with E-state index >= 15 is 0 Å². The molecule has 0 saturated carbocycles. The third kappa shape index (κ3) is 2.67. The van der Waals surface area contributed by atoms with Crippen molar-refractivity contribution < 1.29 is 14.1 Å². The van der Waals surface area contributed by atoms with Crippen LogP contribution < -0.4 is 5.32 Å². The number of carbonyl (C=O) groups is 1. The van der Waals surface area contributed by atoms with E-state index in [-0.39, 0.29) is 18.5 Å². The maximum atomic E-state index is 10.9. The van der Waals surface area contributed by atoms with Gasteiger partial charge in [-0.15, -0.1) is 0 Å². The predicted molar refractivity (Wildman–Crippen MR) is 39.4 cm³/mol. The van der Waals surface area contributed by atoms with Gasteiger partial charge < -0.3 is 9.26 Å². The van der Waals surface area contributed by atoms with Crippen LogP contribution in [-0.4, -0.2) is 29.3 Å². The third-order valence-electron chi connectivity index (χ3n) is 1.05. The van der Waals surface area contributed by atoms with Crippen LogP contribution in [0.3, 0.4) is 0 Å². The summed E-state index contributed by atoms with van der Waals surface area (Å²) >= 11 is 0. The lowest BCUT2D eigenvalue weighted by molar-refractivity contribution is -0.120. The molecule has 0 bridgehead atoms. The highest BCUT2D eigenvalue weighted by molar-refractivity contribution is 5.89. The molecule has 6 nitrogen and oxygen atoms in total. The smallest absolute Gasteiger partial charge is 0.269 e. The third-order valence-corrected chi connectivity index (χ3v) is 1.05. The maximum Gasteiger partial charge on any atom is 0.269 e. The quantitative estimate of drug-likeness (QED) is 0.692. The molecule has 0 aliphatic carbocycles. The molecule has 1 N–H and O–H groups in total. The van der Waals surface area contributed by atoms with Crippen molar-refractivity contribution in [2.75, 3.05) is 18.5 Å². The first-order chi connectivity index (χ1) is 5.83. The van der Waals surface area contributed by atoms with Crippen molar-refractivity contribution in [2.24, 2.45) is 0 Å². The Labute approximate surface area is 68.9 Å². The van der Waals surface area contributed by atoms with E-state index in [0.29, 0.717) is 6.61 Å². The number of amides is 1. The van der Waals surface area contributed by atoms with Gasteiger partial charge in [-0.05, 0) is 12.1 Å². The van der Waals surface area contributed by atoms with Gasteiger partial charge >= 0.3 is 0 Å². The van der Waals surface area contributed by atoms with Crippen molar-refractivity contribution in [1.82, 2.24) is 10.1 Å². The fourth-order valence-electron chi connectivity index (χ4n) is 0.581. The average molecular weight is 171 g/mol.